The van der Waals surface area contributed by atoms with E-state index in [-0.39, 0.29) is 17.7 Å². The van der Waals surface area contributed by atoms with Gasteiger partial charge in [-0.05, 0) is 12.1 Å². The van der Waals surface area contributed by atoms with Crippen molar-refractivity contribution >= 4 is 11.7 Å². The summed E-state index contributed by atoms with van der Waals surface area (Å²) in [6.07, 6.45) is -0.0798. The SMILES string of the molecule is Nc1ccc(C(=O)O)nc1OC1COC1. The van der Waals surface area contributed by atoms with Crippen LogP contribution in [0.5, 0.6) is 5.88 Å². The maximum absolute atomic E-state index is 10.7. The number of nitrogens with two attached hydrogens (primary N) is 1. The first-order chi connectivity index (χ1) is 7.16. The van der Waals surface area contributed by atoms with Gasteiger partial charge in [-0.2, -0.15) is 0 Å². The van der Waals surface area contributed by atoms with Crippen LogP contribution in [0.15, 0.2) is 12.1 Å². The minimum absolute atomic E-state index is 0.0798. The van der Waals surface area contributed by atoms with Gasteiger partial charge in [0, 0.05) is 0 Å². The summed E-state index contributed by atoms with van der Waals surface area (Å²) in [5, 5.41) is 8.72. The van der Waals surface area contributed by atoms with Crippen molar-refractivity contribution in [1.29, 1.82) is 0 Å². The fourth-order valence-corrected chi connectivity index (χ4v) is 1.10. The molecule has 1 aliphatic heterocycles. The number of aromatic nitrogens is 1. The van der Waals surface area contributed by atoms with Crippen LogP contribution in [0.4, 0.5) is 5.69 Å². The second-order valence-corrected chi connectivity index (χ2v) is 3.17. The van der Waals surface area contributed by atoms with E-state index in [1.54, 1.807) is 0 Å². The molecule has 2 rings (SSSR count). The highest BCUT2D eigenvalue weighted by Gasteiger charge is 2.22. The summed E-state index contributed by atoms with van der Waals surface area (Å²) in [5.41, 5.74) is 5.84. The summed E-state index contributed by atoms with van der Waals surface area (Å²) in [6.45, 7) is 0.969. The van der Waals surface area contributed by atoms with Crippen LogP contribution in [0, 0.1) is 0 Å². The molecule has 0 radical (unpaired) electrons. The van der Waals surface area contributed by atoms with Crippen LogP contribution in [0.3, 0.4) is 0 Å². The van der Waals surface area contributed by atoms with Gasteiger partial charge in [0.1, 0.15) is 6.10 Å². The summed E-state index contributed by atoms with van der Waals surface area (Å²) in [4.78, 5) is 14.4. The number of carboxylic acids is 1. The van der Waals surface area contributed by atoms with E-state index in [1.807, 2.05) is 0 Å². The van der Waals surface area contributed by atoms with Gasteiger partial charge >= 0.3 is 5.97 Å². The zero-order chi connectivity index (χ0) is 10.8. The quantitative estimate of drug-likeness (QED) is 0.736. The van der Waals surface area contributed by atoms with Gasteiger partial charge in [0.05, 0.1) is 18.9 Å². The van der Waals surface area contributed by atoms with Gasteiger partial charge < -0.3 is 20.3 Å². The Morgan fingerprint density at radius 2 is 2.33 bits per heavy atom. The molecule has 0 atom stereocenters. The topological polar surface area (TPSA) is 94.7 Å². The standard InChI is InChI=1S/C9H10N2O4/c10-6-1-2-7(9(12)13)11-8(6)15-5-3-14-4-5/h1-2,5H,3-4,10H2,(H,12,13). The highest BCUT2D eigenvalue weighted by molar-refractivity contribution is 5.86. The number of hydrogen-bond acceptors (Lipinski definition) is 5. The van der Waals surface area contributed by atoms with Crippen LogP contribution >= 0.6 is 0 Å². The van der Waals surface area contributed by atoms with Gasteiger partial charge in [-0.15, -0.1) is 0 Å². The molecule has 80 valence electrons. The highest BCUT2D eigenvalue weighted by atomic mass is 16.6. The first kappa shape index (κ1) is 9.72. The van der Waals surface area contributed by atoms with Crippen molar-refractivity contribution in [3.8, 4) is 5.88 Å². The lowest BCUT2D eigenvalue weighted by molar-refractivity contribution is -0.0810. The molecule has 1 aliphatic rings. The third-order valence-electron chi connectivity index (χ3n) is 1.99. The predicted octanol–water partition coefficient (Wildman–Crippen LogP) is 0.140. The Bertz CT molecular complexity index is 390. The minimum Gasteiger partial charge on any atom is -0.477 e. The van der Waals surface area contributed by atoms with E-state index in [0.29, 0.717) is 18.9 Å². The Morgan fingerprint density at radius 1 is 1.60 bits per heavy atom. The summed E-state index contributed by atoms with van der Waals surface area (Å²) in [6, 6.07) is 2.80. The van der Waals surface area contributed by atoms with Crippen LogP contribution in [-0.4, -0.2) is 35.4 Å². The lowest BCUT2D eigenvalue weighted by atomic mass is 10.3. The maximum Gasteiger partial charge on any atom is 0.354 e. The van der Waals surface area contributed by atoms with Crippen LogP contribution in [0.25, 0.3) is 0 Å². The molecule has 1 aromatic heterocycles. The third kappa shape index (κ3) is 1.99. The Balaban J connectivity index is 2.19. The molecule has 15 heavy (non-hydrogen) atoms. The number of aromatic carboxylic acids is 1. The molecule has 0 unspecified atom stereocenters. The van der Waals surface area contributed by atoms with Crippen molar-refractivity contribution in [2.75, 3.05) is 18.9 Å². The van der Waals surface area contributed by atoms with E-state index in [2.05, 4.69) is 4.98 Å². The Kier molecular flexibility index (Phi) is 2.42. The number of carboxylic acid groups (broad SMARTS) is 1. The van der Waals surface area contributed by atoms with E-state index in [0.717, 1.165) is 0 Å². The number of anilines is 1. The smallest absolute Gasteiger partial charge is 0.354 e. The molecule has 0 aliphatic carbocycles. The number of ether oxygens (including phenoxy) is 2. The van der Waals surface area contributed by atoms with E-state index < -0.39 is 5.97 Å². The molecular formula is C9H10N2O4. The molecule has 0 spiro atoms. The van der Waals surface area contributed by atoms with E-state index in [4.69, 9.17) is 20.3 Å². The Morgan fingerprint density at radius 3 is 2.87 bits per heavy atom. The van der Waals surface area contributed by atoms with E-state index in [1.165, 1.54) is 12.1 Å². The van der Waals surface area contributed by atoms with Crippen molar-refractivity contribution < 1.29 is 19.4 Å². The molecule has 0 aromatic carbocycles. The maximum atomic E-state index is 10.7. The second-order valence-electron chi connectivity index (χ2n) is 3.17. The number of hydrogen-bond donors (Lipinski definition) is 2. The molecule has 3 N–H and O–H groups in total. The lowest BCUT2D eigenvalue weighted by Crippen LogP contribution is -2.39. The second kappa shape index (κ2) is 3.74. The molecule has 1 aromatic rings. The summed E-state index contributed by atoms with van der Waals surface area (Å²) >= 11 is 0. The lowest BCUT2D eigenvalue weighted by Gasteiger charge is -2.26. The average molecular weight is 210 g/mol. The summed E-state index contributed by atoms with van der Waals surface area (Å²) < 4.78 is 10.3. The number of nitrogen functional groups attached to an aromatic ring is 1. The summed E-state index contributed by atoms with van der Waals surface area (Å²) in [5.74, 6) is -0.951. The van der Waals surface area contributed by atoms with Crippen molar-refractivity contribution in [2.45, 2.75) is 6.10 Å². The van der Waals surface area contributed by atoms with Gasteiger partial charge in [0.25, 0.3) is 0 Å². The molecule has 6 heteroatoms. The fourth-order valence-electron chi connectivity index (χ4n) is 1.10. The van der Waals surface area contributed by atoms with Crippen LogP contribution in [0.2, 0.25) is 0 Å². The van der Waals surface area contributed by atoms with Crippen LogP contribution in [0.1, 0.15) is 10.5 Å². The molecule has 0 amide bonds. The van der Waals surface area contributed by atoms with E-state index in [9.17, 15) is 4.79 Å². The fraction of sp³-hybridized carbons (Fsp3) is 0.333. The third-order valence-corrected chi connectivity index (χ3v) is 1.99. The largest absolute Gasteiger partial charge is 0.477 e. The monoisotopic (exact) mass is 210 g/mol. The van der Waals surface area contributed by atoms with Crippen molar-refractivity contribution in [2.24, 2.45) is 0 Å². The highest BCUT2D eigenvalue weighted by Crippen LogP contribution is 2.21. The van der Waals surface area contributed by atoms with E-state index >= 15 is 0 Å². The van der Waals surface area contributed by atoms with Crippen molar-refractivity contribution in [1.82, 2.24) is 4.98 Å². The minimum atomic E-state index is -1.11. The molecule has 0 saturated carbocycles. The zero-order valence-corrected chi connectivity index (χ0v) is 7.84. The molecule has 1 fully saturated rings. The van der Waals surface area contributed by atoms with Gasteiger partial charge in [-0.1, -0.05) is 0 Å². The Labute approximate surface area is 85.6 Å². The zero-order valence-electron chi connectivity index (χ0n) is 7.84. The predicted molar refractivity (Wildman–Crippen MR) is 50.8 cm³/mol. The normalized spacial score (nSPS) is 15.7. The number of nitrogens with zero attached hydrogens (tertiary/aromatic N) is 1. The molecule has 0 bridgehead atoms. The number of pyridine rings is 1. The summed E-state index contributed by atoms with van der Waals surface area (Å²) in [7, 11) is 0. The van der Waals surface area contributed by atoms with Crippen molar-refractivity contribution in [3.05, 3.63) is 17.8 Å². The molecule has 6 nitrogen and oxygen atoms in total. The molecule has 1 saturated heterocycles. The first-order valence-electron chi connectivity index (χ1n) is 4.41. The molecule has 2 heterocycles. The Hall–Kier alpha value is -1.82. The molecular weight excluding hydrogens is 200 g/mol. The number of rotatable bonds is 3. The van der Waals surface area contributed by atoms with Gasteiger partial charge in [0.15, 0.2) is 5.69 Å². The first-order valence-corrected chi connectivity index (χ1v) is 4.41. The van der Waals surface area contributed by atoms with Gasteiger partial charge in [-0.3, -0.25) is 0 Å². The van der Waals surface area contributed by atoms with Gasteiger partial charge in [0.2, 0.25) is 5.88 Å². The average Bonchev–Trinajstić information content (AvgIpc) is 2.13. The van der Waals surface area contributed by atoms with Gasteiger partial charge in [-0.25, -0.2) is 9.78 Å². The number of carbonyl (C=O) groups is 1. The van der Waals surface area contributed by atoms with Crippen LogP contribution in [-0.2, 0) is 4.74 Å². The van der Waals surface area contributed by atoms with Crippen molar-refractivity contribution in [3.63, 3.8) is 0 Å². The van der Waals surface area contributed by atoms with Crippen LogP contribution < -0.4 is 10.5 Å².